The molecule has 1 atom stereocenters. The van der Waals surface area contributed by atoms with Gasteiger partial charge < -0.3 is 10.5 Å². The zero-order valence-electron chi connectivity index (χ0n) is 12.1. The average Bonchev–Trinajstić information content (AvgIpc) is 2.87. The fourth-order valence-corrected chi connectivity index (χ4v) is 1.98. The van der Waals surface area contributed by atoms with E-state index in [1.165, 1.54) is 0 Å². The Kier molecular flexibility index (Phi) is 4.40. The molecule has 0 saturated carbocycles. The summed E-state index contributed by atoms with van der Waals surface area (Å²) in [5.74, 6) is -1.86. The lowest BCUT2D eigenvalue weighted by atomic mass is 10.1. The SMILES string of the molecule is CC(C)[C@@H](OC(=O)c1n[nH]c2ccccc12)C(=O)NC(N)=O. The van der Waals surface area contributed by atoms with E-state index >= 15 is 0 Å². The van der Waals surface area contributed by atoms with Crippen molar-refractivity contribution < 1.29 is 19.1 Å². The van der Waals surface area contributed by atoms with Crippen LogP contribution in [0.4, 0.5) is 4.79 Å². The first-order valence-corrected chi connectivity index (χ1v) is 6.64. The molecule has 1 aromatic heterocycles. The van der Waals surface area contributed by atoms with Crippen molar-refractivity contribution >= 4 is 28.8 Å². The van der Waals surface area contributed by atoms with Crippen LogP contribution in [0.25, 0.3) is 10.9 Å². The van der Waals surface area contributed by atoms with Crippen LogP contribution >= 0.6 is 0 Å². The first-order chi connectivity index (χ1) is 10.4. The number of nitrogens with one attached hydrogen (secondary N) is 2. The van der Waals surface area contributed by atoms with Gasteiger partial charge in [-0.2, -0.15) is 5.10 Å². The number of H-pyrrole nitrogens is 1. The van der Waals surface area contributed by atoms with Crippen molar-refractivity contribution in [2.45, 2.75) is 20.0 Å². The number of rotatable bonds is 4. The number of nitrogens with zero attached hydrogens (tertiary/aromatic N) is 1. The summed E-state index contributed by atoms with van der Waals surface area (Å²) >= 11 is 0. The van der Waals surface area contributed by atoms with Crippen molar-refractivity contribution in [2.24, 2.45) is 11.7 Å². The lowest BCUT2D eigenvalue weighted by molar-refractivity contribution is -0.130. The molecule has 0 saturated heterocycles. The van der Waals surface area contributed by atoms with Gasteiger partial charge in [0, 0.05) is 5.39 Å². The zero-order valence-corrected chi connectivity index (χ0v) is 12.1. The second-order valence-electron chi connectivity index (χ2n) is 5.04. The number of hydrogen-bond acceptors (Lipinski definition) is 5. The number of para-hydroxylation sites is 1. The minimum Gasteiger partial charge on any atom is -0.447 e. The van der Waals surface area contributed by atoms with Gasteiger partial charge in [-0.1, -0.05) is 32.0 Å². The topological polar surface area (TPSA) is 127 Å². The summed E-state index contributed by atoms with van der Waals surface area (Å²) in [5.41, 5.74) is 5.66. The number of hydrogen-bond donors (Lipinski definition) is 3. The minimum absolute atomic E-state index is 0.0770. The van der Waals surface area contributed by atoms with Crippen LogP contribution in [0.3, 0.4) is 0 Å². The minimum atomic E-state index is -1.14. The summed E-state index contributed by atoms with van der Waals surface area (Å²) in [5, 5.41) is 9.11. The van der Waals surface area contributed by atoms with Crippen molar-refractivity contribution in [2.75, 3.05) is 0 Å². The maximum absolute atomic E-state index is 12.2. The quantitative estimate of drug-likeness (QED) is 0.724. The number of ether oxygens (including phenoxy) is 1. The number of carbonyl (C=O) groups is 3. The summed E-state index contributed by atoms with van der Waals surface area (Å²) in [6.07, 6.45) is -1.14. The van der Waals surface area contributed by atoms with Gasteiger partial charge >= 0.3 is 12.0 Å². The molecule has 8 nitrogen and oxygen atoms in total. The number of urea groups is 1. The molecule has 2 rings (SSSR count). The molecule has 4 N–H and O–H groups in total. The van der Waals surface area contributed by atoms with E-state index in [1.807, 2.05) is 5.32 Å². The normalized spacial score (nSPS) is 12.1. The van der Waals surface area contributed by atoms with Crippen molar-refractivity contribution in [1.29, 1.82) is 0 Å². The van der Waals surface area contributed by atoms with Crippen LogP contribution in [0.15, 0.2) is 24.3 Å². The number of carbonyl (C=O) groups excluding carboxylic acids is 3. The fourth-order valence-electron chi connectivity index (χ4n) is 1.98. The molecule has 0 fully saturated rings. The Hall–Kier alpha value is -2.90. The van der Waals surface area contributed by atoms with Crippen molar-refractivity contribution in [3.8, 4) is 0 Å². The highest BCUT2D eigenvalue weighted by atomic mass is 16.5. The van der Waals surface area contributed by atoms with Crippen molar-refractivity contribution in [3.05, 3.63) is 30.0 Å². The van der Waals surface area contributed by atoms with Crippen molar-refractivity contribution in [3.63, 3.8) is 0 Å². The second kappa shape index (κ2) is 6.25. The molecule has 2 aromatic rings. The second-order valence-corrected chi connectivity index (χ2v) is 5.04. The zero-order chi connectivity index (χ0) is 16.3. The number of esters is 1. The number of amides is 3. The molecule has 116 valence electrons. The smallest absolute Gasteiger partial charge is 0.360 e. The number of aromatic amines is 1. The Labute approximate surface area is 126 Å². The van der Waals surface area contributed by atoms with E-state index in [0.717, 1.165) is 0 Å². The molecule has 0 bridgehead atoms. The van der Waals surface area contributed by atoms with Crippen molar-refractivity contribution in [1.82, 2.24) is 15.5 Å². The Morgan fingerprint density at radius 3 is 2.59 bits per heavy atom. The van der Waals surface area contributed by atoms with E-state index < -0.39 is 24.0 Å². The maximum atomic E-state index is 12.2. The van der Waals surface area contributed by atoms with Crippen LogP contribution in [-0.2, 0) is 9.53 Å². The van der Waals surface area contributed by atoms with Crippen LogP contribution in [-0.4, -0.2) is 34.2 Å². The summed E-state index contributed by atoms with van der Waals surface area (Å²) < 4.78 is 5.19. The third kappa shape index (κ3) is 3.22. The number of benzene rings is 1. The molecule has 0 unspecified atom stereocenters. The molecule has 0 aliphatic carbocycles. The summed E-state index contributed by atoms with van der Waals surface area (Å²) in [7, 11) is 0. The molecule has 1 heterocycles. The number of aromatic nitrogens is 2. The highest BCUT2D eigenvalue weighted by molar-refractivity contribution is 6.03. The number of imide groups is 1. The Morgan fingerprint density at radius 2 is 1.95 bits per heavy atom. The standard InChI is InChI=1S/C14H16N4O4/c1-7(2)11(12(19)16-14(15)21)22-13(20)10-8-5-3-4-6-9(8)17-18-10/h3-7,11H,1-2H3,(H,17,18)(H3,15,16,19,21)/t11-/m1/s1. The number of nitrogens with two attached hydrogens (primary N) is 1. The largest absolute Gasteiger partial charge is 0.447 e. The van der Waals surface area contributed by atoms with E-state index in [4.69, 9.17) is 10.5 Å². The van der Waals surface area contributed by atoms with Gasteiger partial charge in [0.2, 0.25) is 0 Å². The van der Waals surface area contributed by atoms with Crippen LogP contribution < -0.4 is 11.1 Å². The molecule has 3 amide bonds. The molecule has 8 heteroatoms. The van der Waals surface area contributed by atoms with Gasteiger partial charge in [-0.25, -0.2) is 9.59 Å². The summed E-state index contributed by atoms with van der Waals surface area (Å²) in [6, 6.07) is 6.03. The molecule has 0 aliphatic heterocycles. The third-order valence-corrected chi connectivity index (χ3v) is 3.01. The summed E-state index contributed by atoms with van der Waals surface area (Å²) in [4.78, 5) is 34.8. The number of fused-ring (bicyclic) bond motifs is 1. The highest BCUT2D eigenvalue weighted by Gasteiger charge is 2.29. The van der Waals surface area contributed by atoms with Crippen LogP contribution in [0.5, 0.6) is 0 Å². The average molecular weight is 304 g/mol. The first kappa shape index (κ1) is 15.5. The van der Waals surface area contributed by atoms with Gasteiger partial charge in [0.1, 0.15) is 0 Å². The van der Waals surface area contributed by atoms with E-state index in [1.54, 1.807) is 38.1 Å². The van der Waals surface area contributed by atoms with Crippen LogP contribution in [0.2, 0.25) is 0 Å². The fraction of sp³-hybridized carbons (Fsp3) is 0.286. The van der Waals surface area contributed by atoms with E-state index in [0.29, 0.717) is 10.9 Å². The number of primary amides is 1. The Balaban J connectivity index is 2.21. The van der Waals surface area contributed by atoms with E-state index in [2.05, 4.69) is 10.2 Å². The van der Waals surface area contributed by atoms with E-state index in [9.17, 15) is 14.4 Å². The van der Waals surface area contributed by atoms with Gasteiger partial charge in [-0.3, -0.25) is 15.2 Å². The molecular formula is C14H16N4O4. The monoisotopic (exact) mass is 304 g/mol. The van der Waals surface area contributed by atoms with Gasteiger partial charge in [0.25, 0.3) is 5.91 Å². The van der Waals surface area contributed by atoms with Gasteiger partial charge in [-0.05, 0) is 12.0 Å². The van der Waals surface area contributed by atoms with Gasteiger partial charge in [-0.15, -0.1) is 0 Å². The van der Waals surface area contributed by atoms with Crippen LogP contribution in [0.1, 0.15) is 24.3 Å². The Morgan fingerprint density at radius 1 is 1.27 bits per heavy atom. The molecule has 0 radical (unpaired) electrons. The Bertz CT molecular complexity index is 722. The van der Waals surface area contributed by atoms with Gasteiger partial charge in [0.15, 0.2) is 11.8 Å². The maximum Gasteiger partial charge on any atom is 0.360 e. The molecule has 22 heavy (non-hydrogen) atoms. The predicted molar refractivity (Wildman–Crippen MR) is 77.9 cm³/mol. The highest BCUT2D eigenvalue weighted by Crippen LogP contribution is 2.18. The lowest BCUT2D eigenvalue weighted by Crippen LogP contribution is -2.45. The predicted octanol–water partition coefficient (Wildman–Crippen LogP) is 0.939. The molecule has 0 spiro atoms. The third-order valence-electron chi connectivity index (χ3n) is 3.01. The summed E-state index contributed by atoms with van der Waals surface area (Å²) in [6.45, 7) is 3.36. The lowest BCUT2D eigenvalue weighted by Gasteiger charge is -2.19. The van der Waals surface area contributed by atoms with Gasteiger partial charge in [0.05, 0.1) is 5.52 Å². The first-order valence-electron chi connectivity index (χ1n) is 6.64. The molecule has 0 aliphatic rings. The van der Waals surface area contributed by atoms with E-state index in [-0.39, 0.29) is 11.6 Å². The molecular weight excluding hydrogens is 288 g/mol. The van der Waals surface area contributed by atoms with Crippen LogP contribution in [0, 0.1) is 5.92 Å². The molecule has 1 aromatic carbocycles.